The smallest absolute Gasteiger partial charge is 0.275 e. The summed E-state index contributed by atoms with van der Waals surface area (Å²) in [4.78, 5) is 15.4. The first-order valence-corrected chi connectivity index (χ1v) is 8.02. The Hall–Kier alpha value is -1.87. The van der Waals surface area contributed by atoms with Gasteiger partial charge in [0.1, 0.15) is 0 Å². The molecule has 21 heavy (non-hydrogen) atoms. The maximum absolute atomic E-state index is 5.23. The lowest BCUT2D eigenvalue weighted by Crippen LogP contribution is -2.25. The van der Waals surface area contributed by atoms with Gasteiger partial charge in [-0.2, -0.15) is 9.97 Å². The van der Waals surface area contributed by atoms with Crippen LogP contribution in [0.25, 0.3) is 0 Å². The van der Waals surface area contributed by atoms with E-state index in [4.69, 9.17) is 9.47 Å². The highest BCUT2D eigenvalue weighted by Crippen LogP contribution is 2.37. The fraction of sp³-hybridized carbons (Fsp3) is 0.417. The van der Waals surface area contributed by atoms with Crippen LogP contribution in [0.4, 0.5) is 11.6 Å². The summed E-state index contributed by atoms with van der Waals surface area (Å²) in [7, 11) is 3.24. The molecule has 2 N–H and O–H groups in total. The Morgan fingerprint density at radius 2 is 1.57 bits per heavy atom. The lowest BCUT2D eigenvalue weighted by atomic mass is 10.3. The van der Waals surface area contributed by atoms with E-state index in [2.05, 4.69) is 25.6 Å². The van der Waals surface area contributed by atoms with Crippen LogP contribution < -0.4 is 20.1 Å². The molecule has 112 valence electrons. The van der Waals surface area contributed by atoms with Crippen LogP contribution in [0, 0.1) is 0 Å². The molecular formula is C12H15N5O2S2. The van der Waals surface area contributed by atoms with Crippen LogP contribution in [0.1, 0.15) is 16.7 Å². The Bertz CT molecular complexity index is 627. The summed E-state index contributed by atoms with van der Waals surface area (Å²) in [5.41, 5.74) is 0. The van der Waals surface area contributed by atoms with Crippen molar-refractivity contribution in [3.63, 3.8) is 0 Å². The van der Waals surface area contributed by atoms with Crippen molar-refractivity contribution in [2.45, 2.75) is 13.3 Å². The number of fused-ring (bicyclic) bond motifs is 2. The van der Waals surface area contributed by atoms with Crippen LogP contribution in [-0.2, 0) is 6.42 Å². The van der Waals surface area contributed by atoms with Gasteiger partial charge in [0.2, 0.25) is 5.96 Å². The SMILES string of the molecule is CCN=C1Nc2nc(OC)sc2Cc2sc(OC)nc2N1. The highest BCUT2D eigenvalue weighted by molar-refractivity contribution is 7.15. The van der Waals surface area contributed by atoms with E-state index >= 15 is 0 Å². The van der Waals surface area contributed by atoms with Crippen molar-refractivity contribution in [2.24, 2.45) is 4.99 Å². The summed E-state index contributed by atoms with van der Waals surface area (Å²) >= 11 is 3.04. The zero-order valence-corrected chi connectivity index (χ0v) is 13.5. The molecule has 1 aliphatic rings. The first-order chi connectivity index (χ1) is 10.2. The van der Waals surface area contributed by atoms with E-state index in [0.717, 1.165) is 27.8 Å². The fourth-order valence-electron chi connectivity index (χ4n) is 1.91. The molecule has 0 bridgehead atoms. The number of aromatic nitrogens is 2. The van der Waals surface area contributed by atoms with Crippen molar-refractivity contribution in [2.75, 3.05) is 31.4 Å². The zero-order chi connectivity index (χ0) is 14.8. The number of nitrogens with one attached hydrogen (secondary N) is 2. The summed E-state index contributed by atoms with van der Waals surface area (Å²) in [6.45, 7) is 2.63. The van der Waals surface area contributed by atoms with E-state index in [1.807, 2.05) is 6.92 Å². The minimum Gasteiger partial charge on any atom is -0.473 e. The Kier molecular flexibility index (Phi) is 3.93. The third-order valence-corrected chi connectivity index (χ3v) is 4.85. The molecule has 0 saturated carbocycles. The molecule has 0 unspecified atom stereocenters. The van der Waals surface area contributed by atoms with E-state index < -0.39 is 0 Å². The van der Waals surface area contributed by atoms with Gasteiger partial charge in [0.15, 0.2) is 11.6 Å². The lowest BCUT2D eigenvalue weighted by Gasteiger charge is -2.14. The molecule has 1 aliphatic heterocycles. The van der Waals surface area contributed by atoms with Crippen LogP contribution >= 0.6 is 22.7 Å². The normalized spacial score (nSPS) is 13.2. The molecule has 0 spiro atoms. The largest absolute Gasteiger partial charge is 0.473 e. The standard InChI is InChI=1S/C12H15N5O2S2/c1-4-13-10-14-8-6(20-11(16-8)18-2)5-7-9(15-10)17-12(19-3)21-7/h4-5H2,1-3H3,(H2,13,14,15). The third-order valence-electron chi connectivity index (χ3n) is 2.82. The molecule has 2 aromatic rings. The van der Waals surface area contributed by atoms with Crippen LogP contribution in [-0.4, -0.2) is 36.7 Å². The first-order valence-electron chi connectivity index (χ1n) is 6.39. The number of guanidine groups is 1. The fourth-order valence-corrected chi connectivity index (χ4v) is 3.68. The van der Waals surface area contributed by atoms with Crippen molar-refractivity contribution < 1.29 is 9.47 Å². The van der Waals surface area contributed by atoms with Gasteiger partial charge >= 0.3 is 0 Å². The van der Waals surface area contributed by atoms with Crippen molar-refractivity contribution >= 4 is 40.3 Å². The van der Waals surface area contributed by atoms with E-state index in [1.165, 1.54) is 22.7 Å². The Morgan fingerprint density at radius 3 is 2.00 bits per heavy atom. The molecule has 0 amide bonds. The van der Waals surface area contributed by atoms with E-state index in [9.17, 15) is 0 Å². The van der Waals surface area contributed by atoms with Crippen molar-refractivity contribution in [3.05, 3.63) is 9.75 Å². The predicted molar refractivity (Wildman–Crippen MR) is 85.4 cm³/mol. The monoisotopic (exact) mass is 325 g/mol. The summed E-state index contributed by atoms with van der Waals surface area (Å²) in [6, 6.07) is 0. The summed E-state index contributed by atoms with van der Waals surface area (Å²) < 4.78 is 10.5. The van der Waals surface area contributed by atoms with E-state index in [1.54, 1.807) is 14.2 Å². The molecule has 0 saturated heterocycles. The van der Waals surface area contributed by atoms with Gasteiger partial charge in [0, 0.05) is 13.0 Å². The average Bonchev–Trinajstić information content (AvgIpc) is 3.02. The highest BCUT2D eigenvalue weighted by Gasteiger charge is 2.22. The van der Waals surface area contributed by atoms with Gasteiger partial charge < -0.3 is 20.1 Å². The summed E-state index contributed by atoms with van der Waals surface area (Å²) in [5.74, 6) is 2.17. The maximum atomic E-state index is 5.23. The number of methoxy groups -OCH3 is 2. The third kappa shape index (κ3) is 2.79. The van der Waals surface area contributed by atoms with Gasteiger partial charge in [-0.25, -0.2) is 0 Å². The highest BCUT2D eigenvalue weighted by atomic mass is 32.1. The van der Waals surface area contributed by atoms with Gasteiger partial charge in [-0.05, 0) is 6.92 Å². The van der Waals surface area contributed by atoms with Gasteiger partial charge in [-0.3, -0.25) is 4.99 Å². The first kappa shape index (κ1) is 14.1. The molecular weight excluding hydrogens is 310 g/mol. The average molecular weight is 325 g/mol. The van der Waals surface area contributed by atoms with Crippen LogP contribution in [0.2, 0.25) is 0 Å². The molecule has 2 aromatic heterocycles. The zero-order valence-electron chi connectivity index (χ0n) is 11.9. The predicted octanol–water partition coefficient (Wildman–Crippen LogP) is 2.42. The molecule has 0 fully saturated rings. The van der Waals surface area contributed by atoms with Crippen molar-refractivity contribution in [1.82, 2.24) is 9.97 Å². The second-order valence-electron chi connectivity index (χ2n) is 4.16. The molecule has 3 rings (SSSR count). The summed E-state index contributed by atoms with van der Waals surface area (Å²) in [5, 5.41) is 7.67. The minimum atomic E-state index is 0.626. The number of nitrogens with zero attached hydrogens (tertiary/aromatic N) is 3. The van der Waals surface area contributed by atoms with E-state index in [0.29, 0.717) is 22.9 Å². The minimum absolute atomic E-state index is 0.626. The molecule has 0 aromatic carbocycles. The van der Waals surface area contributed by atoms with Gasteiger partial charge in [0.05, 0.1) is 24.0 Å². The van der Waals surface area contributed by atoms with Gasteiger partial charge in [-0.1, -0.05) is 22.7 Å². The molecule has 0 aliphatic carbocycles. The number of aliphatic imine (C=N–C) groups is 1. The van der Waals surface area contributed by atoms with Crippen LogP contribution in [0.5, 0.6) is 10.4 Å². The topological polar surface area (TPSA) is 80.7 Å². The number of hydrogen-bond acceptors (Lipinski definition) is 7. The summed E-state index contributed by atoms with van der Waals surface area (Å²) in [6.07, 6.45) is 0.728. The van der Waals surface area contributed by atoms with Crippen molar-refractivity contribution in [3.8, 4) is 10.4 Å². The van der Waals surface area contributed by atoms with Gasteiger partial charge in [-0.15, -0.1) is 0 Å². The number of hydrogen-bond donors (Lipinski definition) is 2. The number of rotatable bonds is 3. The lowest BCUT2D eigenvalue weighted by molar-refractivity contribution is 0.412. The van der Waals surface area contributed by atoms with Crippen LogP contribution in [0.3, 0.4) is 0 Å². The number of thiazole rings is 2. The molecule has 0 radical (unpaired) electrons. The quantitative estimate of drug-likeness (QED) is 0.902. The molecule has 9 heteroatoms. The second kappa shape index (κ2) is 5.86. The Labute approximate surface area is 130 Å². The molecule has 0 atom stereocenters. The Morgan fingerprint density at radius 1 is 1.05 bits per heavy atom. The maximum Gasteiger partial charge on any atom is 0.275 e. The number of anilines is 2. The number of ether oxygens (including phenoxy) is 2. The van der Waals surface area contributed by atoms with E-state index in [-0.39, 0.29) is 0 Å². The molecule has 7 nitrogen and oxygen atoms in total. The Balaban J connectivity index is 2.06. The second-order valence-corrected chi connectivity index (χ2v) is 6.25. The van der Waals surface area contributed by atoms with Gasteiger partial charge in [0.25, 0.3) is 10.4 Å². The van der Waals surface area contributed by atoms with Crippen molar-refractivity contribution in [1.29, 1.82) is 0 Å². The van der Waals surface area contributed by atoms with Crippen LogP contribution in [0.15, 0.2) is 4.99 Å². The molecule has 3 heterocycles.